The van der Waals surface area contributed by atoms with Crippen molar-refractivity contribution in [1.29, 1.82) is 0 Å². The van der Waals surface area contributed by atoms with Gasteiger partial charge in [-0.2, -0.15) is 5.10 Å². The molecule has 1 fully saturated rings. The summed E-state index contributed by atoms with van der Waals surface area (Å²) >= 11 is 3.43. The highest BCUT2D eigenvalue weighted by molar-refractivity contribution is 9.10. The number of hydrogen-bond acceptors (Lipinski definition) is 2. The molecule has 2 aromatic rings. The third kappa shape index (κ3) is 2.93. The topological polar surface area (TPSA) is 46.9 Å². The molecule has 0 aliphatic heterocycles. The molecule has 1 saturated carbocycles. The average Bonchev–Trinajstić information content (AvgIpc) is 3.01. The molecular weight excluding hydrogens is 318 g/mol. The molecular formula is C15H16BrN3O. The lowest BCUT2D eigenvalue weighted by atomic mass is 10.0. The number of nitrogens with one attached hydrogen (secondary N) is 1. The predicted octanol–water partition coefficient (Wildman–Crippen LogP) is 2.69. The highest BCUT2D eigenvalue weighted by Gasteiger charge is 2.44. The fourth-order valence-electron chi connectivity index (χ4n) is 2.34. The molecule has 0 bridgehead atoms. The molecule has 1 aliphatic rings. The van der Waals surface area contributed by atoms with E-state index in [1.54, 1.807) is 17.1 Å². The standard InChI is InChI=1S/C15H16BrN3O/c1-19-10-12(9-17-19)14(20)18-15(6-7-15)8-11-2-4-13(16)5-3-11/h2-5,9-10H,6-8H2,1H3,(H,18,20). The zero-order valence-electron chi connectivity index (χ0n) is 11.3. The molecule has 0 atom stereocenters. The first-order chi connectivity index (χ1) is 9.56. The van der Waals surface area contributed by atoms with Crippen LogP contribution in [0.5, 0.6) is 0 Å². The molecule has 1 aromatic carbocycles. The van der Waals surface area contributed by atoms with Gasteiger partial charge in [0.2, 0.25) is 0 Å². The van der Waals surface area contributed by atoms with E-state index in [1.165, 1.54) is 5.56 Å². The molecule has 0 unspecified atom stereocenters. The van der Waals surface area contributed by atoms with Crippen LogP contribution < -0.4 is 5.32 Å². The van der Waals surface area contributed by atoms with Gasteiger partial charge in [0.15, 0.2) is 0 Å². The van der Waals surface area contributed by atoms with E-state index in [9.17, 15) is 4.79 Å². The van der Waals surface area contributed by atoms with Crippen molar-refractivity contribution in [2.75, 3.05) is 0 Å². The van der Waals surface area contributed by atoms with Crippen LogP contribution in [0.3, 0.4) is 0 Å². The minimum atomic E-state index is -0.0687. The van der Waals surface area contributed by atoms with E-state index in [4.69, 9.17) is 0 Å². The van der Waals surface area contributed by atoms with E-state index in [0.29, 0.717) is 5.56 Å². The lowest BCUT2D eigenvalue weighted by Gasteiger charge is -2.17. The molecule has 1 amide bonds. The van der Waals surface area contributed by atoms with E-state index >= 15 is 0 Å². The van der Waals surface area contributed by atoms with Gasteiger partial charge in [-0.3, -0.25) is 9.48 Å². The fraction of sp³-hybridized carbons (Fsp3) is 0.333. The number of carbonyl (C=O) groups excluding carboxylic acids is 1. The Morgan fingerprint density at radius 1 is 1.40 bits per heavy atom. The highest BCUT2D eigenvalue weighted by atomic mass is 79.9. The van der Waals surface area contributed by atoms with Crippen molar-refractivity contribution in [2.24, 2.45) is 7.05 Å². The van der Waals surface area contributed by atoms with Gasteiger partial charge in [0, 0.05) is 23.3 Å². The fourth-order valence-corrected chi connectivity index (χ4v) is 2.61. The Morgan fingerprint density at radius 2 is 2.10 bits per heavy atom. The largest absolute Gasteiger partial charge is 0.346 e. The van der Waals surface area contributed by atoms with Crippen LogP contribution in [0.4, 0.5) is 0 Å². The Balaban J connectivity index is 1.67. The Kier molecular flexibility index (Phi) is 3.38. The van der Waals surface area contributed by atoms with Crippen LogP contribution in [0, 0.1) is 0 Å². The lowest BCUT2D eigenvalue weighted by molar-refractivity contribution is 0.0931. The van der Waals surface area contributed by atoms with Crippen molar-refractivity contribution in [3.8, 4) is 0 Å². The van der Waals surface area contributed by atoms with Gasteiger partial charge in [0.05, 0.1) is 11.8 Å². The van der Waals surface area contributed by atoms with Gasteiger partial charge in [-0.05, 0) is 37.0 Å². The van der Waals surface area contributed by atoms with Gasteiger partial charge >= 0.3 is 0 Å². The quantitative estimate of drug-likeness (QED) is 0.935. The lowest BCUT2D eigenvalue weighted by Crippen LogP contribution is -2.38. The molecule has 5 heteroatoms. The minimum absolute atomic E-state index is 0.0345. The summed E-state index contributed by atoms with van der Waals surface area (Å²) in [5.41, 5.74) is 1.80. The monoisotopic (exact) mass is 333 g/mol. The summed E-state index contributed by atoms with van der Waals surface area (Å²) in [6, 6.07) is 8.27. The maximum Gasteiger partial charge on any atom is 0.254 e. The molecule has 1 aromatic heterocycles. The molecule has 20 heavy (non-hydrogen) atoms. The van der Waals surface area contributed by atoms with Gasteiger partial charge in [0.1, 0.15) is 0 Å². The second kappa shape index (κ2) is 5.05. The summed E-state index contributed by atoms with van der Waals surface area (Å²) in [5, 5.41) is 7.19. The van der Waals surface area contributed by atoms with Gasteiger partial charge in [-0.15, -0.1) is 0 Å². The molecule has 3 rings (SSSR count). The minimum Gasteiger partial charge on any atom is -0.346 e. The summed E-state index contributed by atoms with van der Waals surface area (Å²) in [5.74, 6) is -0.0345. The van der Waals surface area contributed by atoms with Crippen molar-refractivity contribution in [3.05, 3.63) is 52.3 Å². The molecule has 1 heterocycles. The number of carbonyl (C=O) groups is 1. The number of rotatable bonds is 4. The van der Waals surface area contributed by atoms with E-state index in [2.05, 4.69) is 38.5 Å². The SMILES string of the molecule is Cn1cc(C(=O)NC2(Cc3ccc(Br)cc3)CC2)cn1. The third-order valence-electron chi connectivity index (χ3n) is 3.66. The smallest absolute Gasteiger partial charge is 0.254 e. The van der Waals surface area contributed by atoms with Crippen molar-refractivity contribution in [1.82, 2.24) is 15.1 Å². The Bertz CT molecular complexity index is 629. The number of aromatic nitrogens is 2. The summed E-state index contributed by atoms with van der Waals surface area (Å²) in [6.07, 6.45) is 6.30. The van der Waals surface area contributed by atoms with Crippen LogP contribution in [0.2, 0.25) is 0 Å². The Morgan fingerprint density at radius 3 is 2.65 bits per heavy atom. The van der Waals surface area contributed by atoms with Gasteiger partial charge in [-0.25, -0.2) is 0 Å². The zero-order valence-corrected chi connectivity index (χ0v) is 12.9. The maximum absolute atomic E-state index is 12.2. The summed E-state index contributed by atoms with van der Waals surface area (Å²) in [7, 11) is 1.81. The second-order valence-corrected chi connectivity index (χ2v) is 6.36. The summed E-state index contributed by atoms with van der Waals surface area (Å²) in [6.45, 7) is 0. The zero-order chi connectivity index (χ0) is 14.2. The number of amides is 1. The summed E-state index contributed by atoms with van der Waals surface area (Å²) < 4.78 is 2.72. The van der Waals surface area contributed by atoms with Gasteiger partial charge < -0.3 is 5.32 Å². The van der Waals surface area contributed by atoms with E-state index in [0.717, 1.165) is 23.7 Å². The van der Waals surface area contributed by atoms with E-state index < -0.39 is 0 Å². The second-order valence-electron chi connectivity index (χ2n) is 5.44. The molecule has 0 saturated heterocycles. The van der Waals surface area contributed by atoms with Crippen molar-refractivity contribution >= 4 is 21.8 Å². The number of benzene rings is 1. The Hall–Kier alpha value is -1.62. The number of halogens is 1. The number of nitrogens with zero attached hydrogens (tertiary/aromatic N) is 2. The number of hydrogen-bond donors (Lipinski definition) is 1. The van der Waals surface area contributed by atoms with E-state index in [1.807, 2.05) is 19.2 Å². The molecule has 104 valence electrons. The number of aryl methyl sites for hydroxylation is 1. The van der Waals surface area contributed by atoms with Crippen LogP contribution in [-0.2, 0) is 13.5 Å². The molecule has 0 radical (unpaired) electrons. The highest BCUT2D eigenvalue weighted by Crippen LogP contribution is 2.39. The van der Waals surface area contributed by atoms with Crippen LogP contribution in [-0.4, -0.2) is 21.2 Å². The molecule has 1 aliphatic carbocycles. The first kappa shape index (κ1) is 13.4. The molecule has 0 spiro atoms. The normalized spacial score (nSPS) is 15.9. The van der Waals surface area contributed by atoms with Crippen molar-refractivity contribution < 1.29 is 4.79 Å². The van der Waals surface area contributed by atoms with Crippen molar-refractivity contribution in [3.63, 3.8) is 0 Å². The first-order valence-corrected chi connectivity index (χ1v) is 7.41. The van der Waals surface area contributed by atoms with Crippen LogP contribution in [0.1, 0.15) is 28.8 Å². The summed E-state index contributed by atoms with van der Waals surface area (Å²) in [4.78, 5) is 12.2. The van der Waals surface area contributed by atoms with Crippen LogP contribution >= 0.6 is 15.9 Å². The van der Waals surface area contributed by atoms with Crippen LogP contribution in [0.15, 0.2) is 41.1 Å². The Labute approximate surface area is 126 Å². The maximum atomic E-state index is 12.2. The predicted molar refractivity (Wildman–Crippen MR) is 80.5 cm³/mol. The van der Waals surface area contributed by atoms with Crippen LogP contribution in [0.25, 0.3) is 0 Å². The average molecular weight is 334 g/mol. The van der Waals surface area contributed by atoms with Gasteiger partial charge in [0.25, 0.3) is 5.91 Å². The molecule has 4 nitrogen and oxygen atoms in total. The first-order valence-electron chi connectivity index (χ1n) is 6.62. The molecule has 1 N–H and O–H groups in total. The third-order valence-corrected chi connectivity index (χ3v) is 4.18. The van der Waals surface area contributed by atoms with E-state index in [-0.39, 0.29) is 11.4 Å². The van der Waals surface area contributed by atoms with Crippen molar-refractivity contribution in [2.45, 2.75) is 24.8 Å². The van der Waals surface area contributed by atoms with Gasteiger partial charge in [-0.1, -0.05) is 28.1 Å².